The van der Waals surface area contributed by atoms with Crippen LogP contribution in [0.15, 0.2) is 24.3 Å². The summed E-state index contributed by atoms with van der Waals surface area (Å²) in [4.78, 5) is 10.5. The van der Waals surface area contributed by atoms with Crippen molar-refractivity contribution in [3.63, 3.8) is 0 Å². The van der Waals surface area contributed by atoms with Crippen LogP contribution < -0.4 is 10.5 Å². The molecule has 0 saturated heterocycles. The van der Waals surface area contributed by atoms with Crippen molar-refractivity contribution in [1.29, 1.82) is 0 Å². The number of ether oxygens (including phenoxy) is 1. The molecule has 0 heterocycles. The molecule has 0 fully saturated rings. The van der Waals surface area contributed by atoms with Gasteiger partial charge in [-0.2, -0.15) is 0 Å². The van der Waals surface area contributed by atoms with Crippen molar-refractivity contribution in [3.8, 4) is 5.75 Å². The average molecular weight is 207 g/mol. The number of rotatable bonds is 6. The second-order valence-corrected chi connectivity index (χ2v) is 3.60. The summed E-state index contributed by atoms with van der Waals surface area (Å²) in [6.07, 6.45) is 1.75. The maximum Gasteiger partial charge on any atom is 0.123 e. The molecule has 0 amide bonds. The van der Waals surface area contributed by atoms with E-state index in [0.717, 1.165) is 24.0 Å². The highest BCUT2D eigenvalue weighted by Crippen LogP contribution is 2.14. The normalized spacial score (nSPS) is 12.1. The first-order valence-corrected chi connectivity index (χ1v) is 5.13. The van der Waals surface area contributed by atoms with Crippen molar-refractivity contribution < 1.29 is 9.53 Å². The van der Waals surface area contributed by atoms with Crippen LogP contribution in [0.2, 0.25) is 0 Å². The lowest BCUT2D eigenvalue weighted by molar-refractivity contribution is -0.110. The highest BCUT2D eigenvalue weighted by Gasteiger charge is 2.01. The number of carbonyl (C=O) groups is 1. The van der Waals surface area contributed by atoms with E-state index in [1.165, 1.54) is 0 Å². The fourth-order valence-electron chi connectivity index (χ4n) is 1.32. The Hall–Kier alpha value is -1.35. The quantitative estimate of drug-likeness (QED) is 0.717. The summed E-state index contributed by atoms with van der Waals surface area (Å²) in [6, 6.07) is 7.77. The van der Waals surface area contributed by atoms with Gasteiger partial charge in [0.15, 0.2) is 0 Å². The SMILES string of the molecule is CC(C=O)Cc1ccc(OCCN)cc1. The van der Waals surface area contributed by atoms with E-state index in [1.807, 2.05) is 31.2 Å². The molecule has 1 rings (SSSR count). The van der Waals surface area contributed by atoms with Crippen molar-refractivity contribution in [2.45, 2.75) is 13.3 Å². The summed E-state index contributed by atoms with van der Waals surface area (Å²) < 4.78 is 5.35. The summed E-state index contributed by atoms with van der Waals surface area (Å²) in [5.74, 6) is 0.892. The fraction of sp³-hybridized carbons (Fsp3) is 0.417. The van der Waals surface area contributed by atoms with Crippen molar-refractivity contribution in [1.82, 2.24) is 0 Å². The number of hydrogen-bond acceptors (Lipinski definition) is 3. The number of carbonyl (C=O) groups excluding carboxylic acids is 1. The van der Waals surface area contributed by atoms with E-state index in [1.54, 1.807) is 0 Å². The summed E-state index contributed by atoms with van der Waals surface area (Å²) in [5.41, 5.74) is 6.47. The molecule has 15 heavy (non-hydrogen) atoms. The van der Waals surface area contributed by atoms with Gasteiger partial charge in [-0.05, 0) is 24.1 Å². The molecular weight excluding hydrogens is 190 g/mol. The van der Waals surface area contributed by atoms with Gasteiger partial charge in [-0.15, -0.1) is 0 Å². The number of nitrogens with two attached hydrogens (primary N) is 1. The van der Waals surface area contributed by atoms with E-state index >= 15 is 0 Å². The van der Waals surface area contributed by atoms with E-state index in [-0.39, 0.29) is 5.92 Å². The summed E-state index contributed by atoms with van der Waals surface area (Å²) in [7, 11) is 0. The standard InChI is InChI=1S/C12H17NO2/c1-10(9-14)8-11-2-4-12(5-3-11)15-7-6-13/h2-5,9-10H,6-8,13H2,1H3. The van der Waals surface area contributed by atoms with Crippen molar-refractivity contribution in [2.75, 3.05) is 13.2 Å². The van der Waals surface area contributed by atoms with Crippen LogP contribution in [0.1, 0.15) is 12.5 Å². The number of hydrogen-bond donors (Lipinski definition) is 1. The monoisotopic (exact) mass is 207 g/mol. The zero-order valence-electron chi connectivity index (χ0n) is 8.98. The molecule has 2 N–H and O–H groups in total. The Morgan fingerprint density at radius 3 is 2.60 bits per heavy atom. The first-order chi connectivity index (χ1) is 7.26. The molecule has 0 aliphatic rings. The zero-order chi connectivity index (χ0) is 11.1. The minimum Gasteiger partial charge on any atom is -0.492 e. The van der Waals surface area contributed by atoms with Crippen LogP contribution in [-0.4, -0.2) is 19.4 Å². The summed E-state index contributed by atoms with van der Waals surface area (Å²) >= 11 is 0. The van der Waals surface area contributed by atoms with Crippen molar-refractivity contribution in [2.24, 2.45) is 11.7 Å². The highest BCUT2D eigenvalue weighted by atomic mass is 16.5. The van der Waals surface area contributed by atoms with Crippen LogP contribution in [0.25, 0.3) is 0 Å². The Morgan fingerprint density at radius 1 is 1.40 bits per heavy atom. The maximum atomic E-state index is 10.5. The molecule has 1 aromatic carbocycles. The van der Waals surface area contributed by atoms with E-state index < -0.39 is 0 Å². The van der Waals surface area contributed by atoms with Gasteiger partial charge in [-0.1, -0.05) is 19.1 Å². The maximum absolute atomic E-state index is 10.5. The number of aldehydes is 1. The Balaban J connectivity index is 2.52. The molecule has 0 saturated carbocycles. The molecule has 82 valence electrons. The number of benzene rings is 1. The molecule has 0 spiro atoms. The largest absolute Gasteiger partial charge is 0.492 e. The third-order valence-corrected chi connectivity index (χ3v) is 2.10. The molecule has 0 aromatic heterocycles. The van der Waals surface area contributed by atoms with Gasteiger partial charge in [-0.25, -0.2) is 0 Å². The van der Waals surface area contributed by atoms with E-state index in [2.05, 4.69) is 0 Å². The summed E-state index contributed by atoms with van der Waals surface area (Å²) in [5, 5.41) is 0. The molecule has 0 aliphatic heterocycles. The Bertz CT molecular complexity index is 295. The molecule has 0 aliphatic carbocycles. The Kier molecular flexibility index (Phi) is 4.84. The highest BCUT2D eigenvalue weighted by molar-refractivity contribution is 5.53. The second kappa shape index (κ2) is 6.19. The van der Waals surface area contributed by atoms with Crippen LogP contribution in [0.3, 0.4) is 0 Å². The minimum absolute atomic E-state index is 0.0702. The Labute approximate surface area is 90.2 Å². The lowest BCUT2D eigenvalue weighted by Gasteiger charge is -2.07. The first kappa shape index (κ1) is 11.7. The third-order valence-electron chi connectivity index (χ3n) is 2.10. The van der Waals surface area contributed by atoms with Crippen LogP contribution in [0.4, 0.5) is 0 Å². The molecule has 0 radical (unpaired) electrons. The van der Waals surface area contributed by atoms with E-state index in [9.17, 15) is 4.79 Å². The van der Waals surface area contributed by atoms with Crippen molar-refractivity contribution >= 4 is 6.29 Å². The van der Waals surface area contributed by atoms with Gasteiger partial charge in [0.1, 0.15) is 18.6 Å². The average Bonchev–Trinajstić information content (AvgIpc) is 2.28. The minimum atomic E-state index is 0.0702. The van der Waals surface area contributed by atoms with Crippen LogP contribution in [-0.2, 0) is 11.2 Å². The molecule has 3 nitrogen and oxygen atoms in total. The van der Waals surface area contributed by atoms with Gasteiger partial charge in [0.05, 0.1) is 0 Å². The van der Waals surface area contributed by atoms with Crippen LogP contribution >= 0.6 is 0 Å². The predicted molar refractivity (Wildman–Crippen MR) is 59.9 cm³/mol. The fourth-order valence-corrected chi connectivity index (χ4v) is 1.32. The zero-order valence-corrected chi connectivity index (χ0v) is 8.98. The van der Waals surface area contributed by atoms with Gasteiger partial charge in [0.2, 0.25) is 0 Å². The molecular formula is C12H17NO2. The van der Waals surface area contributed by atoms with E-state index in [4.69, 9.17) is 10.5 Å². The van der Waals surface area contributed by atoms with Gasteiger partial charge >= 0.3 is 0 Å². The van der Waals surface area contributed by atoms with Gasteiger partial charge in [0.25, 0.3) is 0 Å². The van der Waals surface area contributed by atoms with Gasteiger partial charge in [0, 0.05) is 12.5 Å². The first-order valence-electron chi connectivity index (χ1n) is 5.13. The lowest BCUT2D eigenvalue weighted by atomic mass is 10.0. The smallest absolute Gasteiger partial charge is 0.123 e. The second-order valence-electron chi connectivity index (χ2n) is 3.60. The Morgan fingerprint density at radius 2 is 2.07 bits per heavy atom. The molecule has 1 atom stereocenters. The third kappa shape index (κ3) is 4.13. The lowest BCUT2D eigenvalue weighted by Crippen LogP contribution is -2.10. The topological polar surface area (TPSA) is 52.3 Å². The molecule has 1 aromatic rings. The molecule has 0 bridgehead atoms. The molecule has 1 unspecified atom stereocenters. The molecule has 3 heteroatoms. The van der Waals surface area contributed by atoms with Crippen molar-refractivity contribution in [3.05, 3.63) is 29.8 Å². The van der Waals surface area contributed by atoms with Gasteiger partial charge in [-0.3, -0.25) is 0 Å². The van der Waals surface area contributed by atoms with Crippen LogP contribution in [0, 0.1) is 5.92 Å². The predicted octanol–water partition coefficient (Wildman–Crippen LogP) is 1.40. The van der Waals surface area contributed by atoms with E-state index in [0.29, 0.717) is 13.2 Å². The van der Waals surface area contributed by atoms with Crippen LogP contribution in [0.5, 0.6) is 5.75 Å². The van der Waals surface area contributed by atoms with Gasteiger partial charge < -0.3 is 15.3 Å². The summed E-state index contributed by atoms with van der Waals surface area (Å²) in [6.45, 7) is 2.96.